The molecule has 2 N–H and O–H groups in total. The summed E-state index contributed by atoms with van der Waals surface area (Å²) in [5.74, 6) is 0.380. The summed E-state index contributed by atoms with van der Waals surface area (Å²) in [5.41, 5.74) is 5.13. The van der Waals surface area contributed by atoms with Crippen molar-refractivity contribution in [2.24, 2.45) is 5.10 Å². The van der Waals surface area contributed by atoms with Gasteiger partial charge in [-0.3, -0.25) is 9.89 Å². The van der Waals surface area contributed by atoms with Crippen LogP contribution in [0.4, 0.5) is 0 Å². The molecule has 3 aromatic rings. The van der Waals surface area contributed by atoms with Gasteiger partial charge in [-0.15, -0.1) is 0 Å². The molecule has 2 aromatic carbocycles. The Morgan fingerprint density at radius 3 is 2.60 bits per heavy atom. The third-order valence-corrected chi connectivity index (χ3v) is 3.71. The zero-order chi connectivity index (χ0) is 17.6. The molecule has 0 aliphatic rings. The summed E-state index contributed by atoms with van der Waals surface area (Å²) in [4.78, 5) is 12.1. The number of hydrogen-bond donors (Lipinski definition) is 2. The largest absolute Gasteiger partial charge is 0.497 e. The molecule has 25 heavy (non-hydrogen) atoms. The number of rotatable bonds is 5. The van der Waals surface area contributed by atoms with Crippen molar-refractivity contribution in [3.8, 4) is 17.0 Å². The van der Waals surface area contributed by atoms with Crippen LogP contribution in [0.1, 0.15) is 16.1 Å². The average Bonchev–Trinajstić information content (AvgIpc) is 3.13. The SMILES string of the molecule is COc1ccc(/C=N/NC(=O)c2cc(-c3ccc(Cl)cc3)n[nH]2)cc1. The van der Waals surface area contributed by atoms with Gasteiger partial charge in [-0.2, -0.15) is 10.2 Å². The lowest BCUT2D eigenvalue weighted by molar-refractivity contribution is 0.0950. The molecule has 0 unspecified atom stereocenters. The van der Waals surface area contributed by atoms with Crippen LogP contribution in [0.2, 0.25) is 5.02 Å². The van der Waals surface area contributed by atoms with Gasteiger partial charge in [-0.05, 0) is 48.0 Å². The van der Waals surface area contributed by atoms with E-state index < -0.39 is 0 Å². The first-order valence-electron chi connectivity index (χ1n) is 7.44. The highest BCUT2D eigenvalue weighted by atomic mass is 35.5. The van der Waals surface area contributed by atoms with Crippen LogP contribution in [0.25, 0.3) is 11.3 Å². The smallest absolute Gasteiger partial charge is 0.289 e. The van der Waals surface area contributed by atoms with E-state index in [9.17, 15) is 4.79 Å². The van der Waals surface area contributed by atoms with E-state index in [1.165, 1.54) is 0 Å². The molecule has 126 valence electrons. The number of H-pyrrole nitrogens is 1. The number of carbonyl (C=O) groups excluding carboxylic acids is 1. The lowest BCUT2D eigenvalue weighted by Crippen LogP contribution is -2.17. The number of ether oxygens (including phenoxy) is 1. The maximum absolute atomic E-state index is 12.1. The number of halogens is 1. The zero-order valence-electron chi connectivity index (χ0n) is 13.4. The summed E-state index contributed by atoms with van der Waals surface area (Å²) < 4.78 is 5.08. The summed E-state index contributed by atoms with van der Waals surface area (Å²) in [5, 5.41) is 11.4. The van der Waals surface area contributed by atoms with E-state index in [2.05, 4.69) is 20.7 Å². The number of aromatic amines is 1. The summed E-state index contributed by atoms with van der Waals surface area (Å²) in [6, 6.07) is 16.2. The molecular weight excluding hydrogens is 340 g/mol. The Hall–Kier alpha value is -3.12. The molecule has 0 radical (unpaired) electrons. The van der Waals surface area contributed by atoms with Crippen LogP contribution >= 0.6 is 11.6 Å². The number of hydrogen-bond acceptors (Lipinski definition) is 4. The Labute approximate surface area is 149 Å². The molecular formula is C18H15ClN4O2. The molecule has 0 aliphatic carbocycles. The van der Waals surface area contributed by atoms with E-state index in [0.29, 0.717) is 16.4 Å². The van der Waals surface area contributed by atoms with Gasteiger partial charge in [-0.1, -0.05) is 23.7 Å². The van der Waals surface area contributed by atoms with Crippen molar-refractivity contribution < 1.29 is 9.53 Å². The molecule has 3 rings (SSSR count). The van der Waals surface area contributed by atoms with Crippen molar-refractivity contribution in [1.82, 2.24) is 15.6 Å². The maximum atomic E-state index is 12.1. The number of nitrogens with one attached hydrogen (secondary N) is 2. The monoisotopic (exact) mass is 354 g/mol. The number of carbonyl (C=O) groups is 1. The van der Waals surface area contributed by atoms with Gasteiger partial charge in [0, 0.05) is 10.6 Å². The van der Waals surface area contributed by atoms with E-state index in [0.717, 1.165) is 16.9 Å². The first-order valence-corrected chi connectivity index (χ1v) is 7.82. The van der Waals surface area contributed by atoms with Gasteiger partial charge in [-0.25, -0.2) is 5.43 Å². The van der Waals surface area contributed by atoms with Gasteiger partial charge < -0.3 is 4.74 Å². The molecule has 0 saturated heterocycles. The van der Waals surface area contributed by atoms with E-state index in [1.54, 1.807) is 31.5 Å². The third-order valence-electron chi connectivity index (χ3n) is 3.46. The van der Waals surface area contributed by atoms with E-state index >= 15 is 0 Å². The topological polar surface area (TPSA) is 79.4 Å². The average molecular weight is 355 g/mol. The van der Waals surface area contributed by atoms with Gasteiger partial charge in [0.15, 0.2) is 0 Å². The fourth-order valence-corrected chi connectivity index (χ4v) is 2.25. The number of amides is 1. The van der Waals surface area contributed by atoms with Crippen LogP contribution in [0.15, 0.2) is 59.7 Å². The van der Waals surface area contributed by atoms with Crippen molar-refractivity contribution in [2.45, 2.75) is 0 Å². The fraction of sp³-hybridized carbons (Fsp3) is 0.0556. The van der Waals surface area contributed by atoms with E-state index in [-0.39, 0.29) is 5.91 Å². The molecule has 0 atom stereocenters. The molecule has 0 saturated carbocycles. The summed E-state index contributed by atoms with van der Waals surface area (Å²) >= 11 is 5.86. The molecule has 0 bridgehead atoms. The minimum atomic E-state index is -0.377. The third kappa shape index (κ3) is 4.24. The molecule has 6 nitrogen and oxygen atoms in total. The lowest BCUT2D eigenvalue weighted by atomic mass is 10.1. The van der Waals surface area contributed by atoms with Crippen molar-refractivity contribution in [3.05, 3.63) is 70.9 Å². The van der Waals surface area contributed by atoms with Gasteiger partial charge in [0.1, 0.15) is 11.4 Å². The van der Waals surface area contributed by atoms with Crippen molar-refractivity contribution in [2.75, 3.05) is 7.11 Å². The van der Waals surface area contributed by atoms with Crippen LogP contribution in [0.5, 0.6) is 5.75 Å². The number of methoxy groups -OCH3 is 1. The molecule has 1 amide bonds. The second-order valence-electron chi connectivity index (χ2n) is 5.15. The van der Waals surface area contributed by atoms with Crippen LogP contribution in [-0.4, -0.2) is 29.4 Å². The molecule has 7 heteroatoms. The van der Waals surface area contributed by atoms with E-state index in [1.807, 2.05) is 36.4 Å². The summed E-state index contributed by atoms with van der Waals surface area (Å²) in [6.45, 7) is 0. The highest BCUT2D eigenvalue weighted by Gasteiger charge is 2.10. The van der Waals surface area contributed by atoms with Crippen LogP contribution in [-0.2, 0) is 0 Å². The first kappa shape index (κ1) is 16.7. The summed E-state index contributed by atoms with van der Waals surface area (Å²) in [7, 11) is 1.60. The Kier molecular flexibility index (Phi) is 5.11. The van der Waals surface area contributed by atoms with Gasteiger partial charge in [0.25, 0.3) is 5.91 Å². The minimum absolute atomic E-state index is 0.317. The molecule has 1 aromatic heterocycles. The van der Waals surface area contributed by atoms with E-state index in [4.69, 9.17) is 16.3 Å². The normalized spacial score (nSPS) is 10.8. The maximum Gasteiger partial charge on any atom is 0.289 e. The fourth-order valence-electron chi connectivity index (χ4n) is 2.12. The Balaban J connectivity index is 1.63. The second kappa shape index (κ2) is 7.63. The first-order chi connectivity index (χ1) is 12.2. The Morgan fingerprint density at radius 2 is 1.92 bits per heavy atom. The predicted molar refractivity (Wildman–Crippen MR) is 97.1 cm³/mol. The highest BCUT2D eigenvalue weighted by molar-refractivity contribution is 6.30. The lowest BCUT2D eigenvalue weighted by Gasteiger charge is -1.99. The van der Waals surface area contributed by atoms with Crippen LogP contribution < -0.4 is 10.2 Å². The van der Waals surface area contributed by atoms with Crippen molar-refractivity contribution in [3.63, 3.8) is 0 Å². The number of hydrazone groups is 1. The van der Waals surface area contributed by atoms with Gasteiger partial charge >= 0.3 is 0 Å². The van der Waals surface area contributed by atoms with Crippen LogP contribution in [0.3, 0.4) is 0 Å². The molecule has 1 heterocycles. The predicted octanol–water partition coefficient (Wildman–Crippen LogP) is 3.50. The summed E-state index contributed by atoms with van der Waals surface area (Å²) in [6.07, 6.45) is 1.55. The Bertz CT molecular complexity index is 886. The van der Waals surface area contributed by atoms with Crippen molar-refractivity contribution >= 4 is 23.7 Å². The minimum Gasteiger partial charge on any atom is -0.497 e. The standard InChI is InChI=1S/C18H15ClN4O2/c1-25-15-8-2-12(3-9-15)11-20-23-18(24)17-10-16(21-22-17)13-4-6-14(19)7-5-13/h2-11H,1H3,(H,21,22)(H,23,24)/b20-11+. The van der Waals surface area contributed by atoms with Gasteiger partial charge in [0.2, 0.25) is 0 Å². The zero-order valence-corrected chi connectivity index (χ0v) is 14.1. The van der Waals surface area contributed by atoms with Crippen molar-refractivity contribution in [1.29, 1.82) is 0 Å². The number of aromatic nitrogens is 2. The quantitative estimate of drug-likeness (QED) is 0.543. The molecule has 0 spiro atoms. The highest BCUT2D eigenvalue weighted by Crippen LogP contribution is 2.20. The van der Waals surface area contributed by atoms with Gasteiger partial charge in [0.05, 0.1) is 19.0 Å². The number of nitrogens with zero attached hydrogens (tertiary/aromatic N) is 2. The second-order valence-corrected chi connectivity index (χ2v) is 5.58. The molecule has 0 aliphatic heterocycles. The Morgan fingerprint density at radius 1 is 1.20 bits per heavy atom. The van der Waals surface area contributed by atoms with Crippen LogP contribution in [0, 0.1) is 0 Å². The number of benzene rings is 2. The molecule has 0 fully saturated rings.